The molecule has 1 amide bonds. The first-order chi connectivity index (χ1) is 17.6. The van der Waals surface area contributed by atoms with Gasteiger partial charge in [-0.2, -0.15) is 0 Å². The number of nitrogens with zero attached hydrogens (tertiary/aromatic N) is 2. The Balaban J connectivity index is 1.29. The molecule has 0 bridgehead atoms. The standard InChI is InChI=1S/C29H30FN3O3/c30-24-8-11-27-28(18-24)33(20-22-4-2-1-3-5-22)29(35)23(19-31-27)17-26(34)16-21-6-9-25(10-7-21)32-12-14-36-15-13-32/h1-11,18,23,31H,12-17,19-20H2/t23-/m0/s1. The highest BCUT2D eigenvalue weighted by molar-refractivity contribution is 6.01. The Bertz CT molecular complexity index is 1210. The van der Waals surface area contributed by atoms with Crippen LogP contribution in [0.5, 0.6) is 0 Å². The van der Waals surface area contributed by atoms with Crippen molar-refractivity contribution in [2.24, 2.45) is 5.92 Å². The van der Waals surface area contributed by atoms with E-state index >= 15 is 0 Å². The van der Waals surface area contributed by atoms with Gasteiger partial charge in [0.1, 0.15) is 11.6 Å². The van der Waals surface area contributed by atoms with Crippen molar-refractivity contribution in [2.45, 2.75) is 19.4 Å². The summed E-state index contributed by atoms with van der Waals surface area (Å²) in [5, 5.41) is 3.26. The van der Waals surface area contributed by atoms with Gasteiger partial charge in [0.05, 0.1) is 37.1 Å². The molecule has 0 spiro atoms. The van der Waals surface area contributed by atoms with Crippen molar-refractivity contribution in [3.05, 3.63) is 89.7 Å². The van der Waals surface area contributed by atoms with Gasteiger partial charge in [0.15, 0.2) is 0 Å². The maximum Gasteiger partial charge on any atom is 0.232 e. The van der Waals surface area contributed by atoms with Crippen LogP contribution in [0.4, 0.5) is 21.5 Å². The average Bonchev–Trinajstić information content (AvgIpc) is 3.02. The first-order valence-electron chi connectivity index (χ1n) is 12.4. The zero-order valence-corrected chi connectivity index (χ0v) is 20.2. The third-order valence-electron chi connectivity index (χ3n) is 6.78. The van der Waals surface area contributed by atoms with Gasteiger partial charge >= 0.3 is 0 Å². The summed E-state index contributed by atoms with van der Waals surface area (Å²) in [6.07, 6.45) is 0.395. The van der Waals surface area contributed by atoms with Crippen molar-refractivity contribution < 1.29 is 18.7 Å². The van der Waals surface area contributed by atoms with Crippen LogP contribution >= 0.6 is 0 Å². The zero-order chi connectivity index (χ0) is 24.9. The van der Waals surface area contributed by atoms with E-state index < -0.39 is 11.7 Å². The van der Waals surface area contributed by atoms with Gasteiger partial charge in [0.25, 0.3) is 0 Å². The molecule has 36 heavy (non-hydrogen) atoms. The minimum atomic E-state index is -0.538. The minimum Gasteiger partial charge on any atom is -0.383 e. The molecular formula is C29H30FN3O3. The molecule has 2 heterocycles. The van der Waals surface area contributed by atoms with E-state index in [-0.39, 0.29) is 24.5 Å². The van der Waals surface area contributed by atoms with E-state index in [1.54, 1.807) is 11.0 Å². The third-order valence-corrected chi connectivity index (χ3v) is 6.78. The van der Waals surface area contributed by atoms with Crippen molar-refractivity contribution in [3.8, 4) is 0 Å². The molecular weight excluding hydrogens is 457 g/mol. The molecule has 3 aromatic rings. The summed E-state index contributed by atoms with van der Waals surface area (Å²) in [6.45, 7) is 3.81. The Morgan fingerprint density at radius 3 is 2.47 bits per heavy atom. The summed E-state index contributed by atoms with van der Waals surface area (Å²) in [7, 11) is 0. The van der Waals surface area contributed by atoms with Crippen LogP contribution in [-0.4, -0.2) is 44.5 Å². The number of morpholine rings is 1. The fraction of sp³-hybridized carbons (Fsp3) is 0.310. The molecule has 0 aliphatic carbocycles. The van der Waals surface area contributed by atoms with Crippen molar-refractivity contribution >= 4 is 28.8 Å². The summed E-state index contributed by atoms with van der Waals surface area (Å²) < 4.78 is 19.5. The third kappa shape index (κ3) is 5.57. The van der Waals surface area contributed by atoms with Crippen LogP contribution < -0.4 is 15.1 Å². The van der Waals surface area contributed by atoms with Crippen LogP contribution in [0.1, 0.15) is 17.5 Å². The number of ketones is 1. The van der Waals surface area contributed by atoms with E-state index in [4.69, 9.17) is 4.74 Å². The summed E-state index contributed by atoms with van der Waals surface area (Å²) in [5.74, 6) is -1.11. The number of amides is 1. The average molecular weight is 488 g/mol. The summed E-state index contributed by atoms with van der Waals surface area (Å²) in [5.41, 5.74) is 4.18. The van der Waals surface area contributed by atoms with Gasteiger partial charge < -0.3 is 19.9 Å². The fourth-order valence-electron chi connectivity index (χ4n) is 4.85. The number of ether oxygens (including phenoxy) is 1. The maximum atomic E-state index is 14.1. The van der Waals surface area contributed by atoms with E-state index in [1.807, 2.05) is 54.6 Å². The number of hydrogen-bond acceptors (Lipinski definition) is 5. The molecule has 0 aromatic heterocycles. The molecule has 1 atom stereocenters. The molecule has 1 fully saturated rings. The first-order valence-corrected chi connectivity index (χ1v) is 12.4. The van der Waals surface area contributed by atoms with E-state index in [0.717, 1.165) is 43.1 Å². The van der Waals surface area contributed by atoms with E-state index in [9.17, 15) is 14.0 Å². The number of benzene rings is 3. The molecule has 186 valence electrons. The van der Waals surface area contributed by atoms with Crippen LogP contribution in [0.2, 0.25) is 0 Å². The number of carbonyl (C=O) groups is 2. The zero-order valence-electron chi connectivity index (χ0n) is 20.2. The summed E-state index contributed by atoms with van der Waals surface area (Å²) >= 11 is 0. The van der Waals surface area contributed by atoms with Gasteiger partial charge in [0, 0.05) is 38.2 Å². The second-order valence-corrected chi connectivity index (χ2v) is 9.33. The number of hydrogen-bond donors (Lipinski definition) is 1. The molecule has 0 radical (unpaired) electrons. The lowest BCUT2D eigenvalue weighted by Crippen LogP contribution is -2.37. The van der Waals surface area contributed by atoms with E-state index in [1.165, 1.54) is 12.1 Å². The van der Waals surface area contributed by atoms with Gasteiger partial charge in [-0.25, -0.2) is 4.39 Å². The van der Waals surface area contributed by atoms with Gasteiger partial charge in [-0.15, -0.1) is 0 Å². The number of halogens is 1. The van der Waals surface area contributed by atoms with E-state index in [2.05, 4.69) is 10.2 Å². The summed E-state index contributed by atoms with van der Waals surface area (Å²) in [4.78, 5) is 30.5. The highest BCUT2D eigenvalue weighted by Crippen LogP contribution is 2.33. The molecule has 2 aliphatic rings. The lowest BCUT2D eigenvalue weighted by atomic mass is 9.96. The quantitative estimate of drug-likeness (QED) is 0.534. The molecule has 2 aliphatic heterocycles. The topological polar surface area (TPSA) is 61.9 Å². The molecule has 1 N–H and O–H groups in total. The van der Waals surface area contributed by atoms with Gasteiger partial charge in [-0.3, -0.25) is 9.59 Å². The molecule has 7 heteroatoms. The number of anilines is 3. The Morgan fingerprint density at radius 1 is 0.972 bits per heavy atom. The van der Waals surface area contributed by atoms with Gasteiger partial charge in [0.2, 0.25) is 5.91 Å². The predicted octanol–water partition coefficient (Wildman–Crippen LogP) is 4.44. The second-order valence-electron chi connectivity index (χ2n) is 9.33. The van der Waals surface area contributed by atoms with E-state index in [0.29, 0.717) is 24.5 Å². The molecule has 6 nitrogen and oxygen atoms in total. The number of rotatable bonds is 7. The van der Waals surface area contributed by atoms with Gasteiger partial charge in [-0.05, 0) is 41.5 Å². The van der Waals surface area contributed by atoms with Gasteiger partial charge in [-0.1, -0.05) is 42.5 Å². The molecule has 3 aromatic carbocycles. The SMILES string of the molecule is O=C(Cc1ccc(N2CCOCC2)cc1)C[C@H]1CNc2ccc(F)cc2N(Cc2ccccc2)C1=O. The second kappa shape index (κ2) is 10.9. The monoisotopic (exact) mass is 487 g/mol. The minimum absolute atomic E-state index is 0.00562. The highest BCUT2D eigenvalue weighted by Gasteiger charge is 2.32. The smallest absolute Gasteiger partial charge is 0.232 e. The van der Waals surface area contributed by atoms with Crippen LogP contribution in [0.3, 0.4) is 0 Å². The Labute approximate surface area is 210 Å². The largest absolute Gasteiger partial charge is 0.383 e. The van der Waals surface area contributed by atoms with Crippen molar-refractivity contribution in [2.75, 3.05) is 48.0 Å². The number of carbonyl (C=O) groups excluding carboxylic acids is 2. The van der Waals surface area contributed by atoms with Crippen LogP contribution in [0.15, 0.2) is 72.8 Å². The van der Waals surface area contributed by atoms with Crippen LogP contribution in [-0.2, 0) is 27.3 Å². The molecule has 0 saturated carbocycles. The van der Waals surface area contributed by atoms with Crippen LogP contribution in [0, 0.1) is 11.7 Å². The van der Waals surface area contributed by atoms with Crippen molar-refractivity contribution in [3.63, 3.8) is 0 Å². The Morgan fingerprint density at radius 2 is 1.72 bits per heavy atom. The number of Topliss-reactive ketones (excluding diaryl/α,β-unsaturated/α-hetero) is 1. The summed E-state index contributed by atoms with van der Waals surface area (Å²) in [6, 6.07) is 22.1. The number of fused-ring (bicyclic) bond motifs is 1. The number of nitrogens with one attached hydrogen (secondary N) is 1. The first kappa shape index (κ1) is 24.0. The van der Waals surface area contributed by atoms with Crippen molar-refractivity contribution in [1.29, 1.82) is 0 Å². The van der Waals surface area contributed by atoms with Crippen LogP contribution in [0.25, 0.3) is 0 Å². The molecule has 1 saturated heterocycles. The molecule has 0 unspecified atom stereocenters. The molecule has 5 rings (SSSR count). The highest BCUT2D eigenvalue weighted by atomic mass is 19.1. The maximum absolute atomic E-state index is 14.1. The Kier molecular flexibility index (Phi) is 7.28. The Hall–Kier alpha value is -3.71. The normalized spacial score (nSPS) is 17.8. The fourth-order valence-corrected chi connectivity index (χ4v) is 4.85. The lowest BCUT2D eigenvalue weighted by molar-refractivity contribution is -0.127. The predicted molar refractivity (Wildman–Crippen MR) is 139 cm³/mol. The lowest BCUT2D eigenvalue weighted by Gasteiger charge is -2.28. The van der Waals surface area contributed by atoms with Crippen molar-refractivity contribution in [1.82, 2.24) is 0 Å².